The number of hydrogen-bond donors (Lipinski definition) is 2. The summed E-state index contributed by atoms with van der Waals surface area (Å²) in [4.78, 5) is 0. The highest BCUT2D eigenvalue weighted by Gasteiger charge is 2.16. The fourth-order valence-corrected chi connectivity index (χ4v) is 2.57. The Morgan fingerprint density at radius 2 is 2.15 bits per heavy atom. The molecule has 0 saturated carbocycles. The van der Waals surface area contributed by atoms with Gasteiger partial charge in [-0.1, -0.05) is 43.1 Å². The van der Waals surface area contributed by atoms with Gasteiger partial charge in [0.25, 0.3) is 0 Å². The van der Waals surface area contributed by atoms with Crippen molar-refractivity contribution in [2.24, 2.45) is 0 Å². The van der Waals surface area contributed by atoms with E-state index in [1.54, 1.807) is 0 Å². The van der Waals surface area contributed by atoms with Crippen molar-refractivity contribution in [2.75, 3.05) is 5.73 Å². The molecule has 3 aromatic rings. The predicted octanol–water partition coefficient (Wildman–Crippen LogP) is 3.00. The van der Waals surface area contributed by atoms with Crippen LogP contribution in [0.4, 0.5) is 5.82 Å². The van der Waals surface area contributed by atoms with Gasteiger partial charge in [0.15, 0.2) is 5.65 Å². The summed E-state index contributed by atoms with van der Waals surface area (Å²) in [5.74, 6) is 0.578. The largest absolute Gasteiger partial charge is 0.383 e. The SMILES string of the molecule is CCCc1nn(Cc2ccccc2Cl)c2n[nH]c(N)c12. The minimum absolute atomic E-state index is 0.578. The minimum atomic E-state index is 0.578. The predicted molar refractivity (Wildman–Crippen MR) is 80.8 cm³/mol. The van der Waals surface area contributed by atoms with Gasteiger partial charge in [-0.05, 0) is 18.1 Å². The van der Waals surface area contributed by atoms with Crippen LogP contribution in [0.1, 0.15) is 24.6 Å². The molecule has 1 aromatic carbocycles. The number of nitrogens with one attached hydrogen (secondary N) is 1. The van der Waals surface area contributed by atoms with E-state index in [-0.39, 0.29) is 0 Å². The van der Waals surface area contributed by atoms with E-state index in [9.17, 15) is 0 Å². The molecule has 0 aliphatic carbocycles. The third kappa shape index (κ3) is 2.14. The van der Waals surface area contributed by atoms with Crippen LogP contribution in [0.2, 0.25) is 5.02 Å². The standard InChI is InChI=1S/C14H16ClN5/c1-2-5-11-12-13(16)17-18-14(12)20(19-11)8-9-6-3-4-7-10(9)15/h3-4,6-7H,2,5,8H2,1H3,(H3,16,17,18). The first kappa shape index (κ1) is 13.0. The lowest BCUT2D eigenvalue weighted by Crippen LogP contribution is -2.03. The first-order valence-corrected chi connectivity index (χ1v) is 7.01. The van der Waals surface area contributed by atoms with E-state index >= 15 is 0 Å². The number of anilines is 1. The number of halogens is 1. The summed E-state index contributed by atoms with van der Waals surface area (Å²) in [5, 5.41) is 13.4. The molecule has 3 rings (SSSR count). The second-order valence-corrected chi connectivity index (χ2v) is 5.19. The van der Waals surface area contributed by atoms with Gasteiger partial charge < -0.3 is 5.73 Å². The molecular weight excluding hydrogens is 274 g/mol. The first-order chi connectivity index (χ1) is 9.70. The molecule has 2 aromatic heterocycles. The summed E-state index contributed by atoms with van der Waals surface area (Å²) in [6, 6.07) is 7.75. The van der Waals surface area contributed by atoms with Crippen LogP contribution >= 0.6 is 11.6 Å². The van der Waals surface area contributed by atoms with Crippen LogP contribution in [-0.4, -0.2) is 20.0 Å². The lowest BCUT2D eigenvalue weighted by molar-refractivity contribution is 0.678. The number of H-pyrrole nitrogens is 1. The molecule has 104 valence electrons. The summed E-state index contributed by atoms with van der Waals surface area (Å²) < 4.78 is 1.86. The second-order valence-electron chi connectivity index (χ2n) is 4.78. The van der Waals surface area contributed by atoms with E-state index in [0.717, 1.165) is 40.2 Å². The molecule has 3 N–H and O–H groups in total. The minimum Gasteiger partial charge on any atom is -0.383 e. The van der Waals surface area contributed by atoms with Crippen LogP contribution in [0.15, 0.2) is 24.3 Å². The molecule has 0 radical (unpaired) electrons. The lowest BCUT2D eigenvalue weighted by Gasteiger charge is -2.04. The van der Waals surface area contributed by atoms with Crippen molar-refractivity contribution >= 4 is 28.5 Å². The van der Waals surface area contributed by atoms with Crippen LogP contribution in [0, 0.1) is 0 Å². The highest BCUT2D eigenvalue weighted by molar-refractivity contribution is 6.31. The van der Waals surface area contributed by atoms with E-state index in [2.05, 4.69) is 22.2 Å². The Balaban J connectivity index is 2.06. The van der Waals surface area contributed by atoms with Crippen molar-refractivity contribution in [2.45, 2.75) is 26.3 Å². The van der Waals surface area contributed by atoms with Crippen LogP contribution in [0.3, 0.4) is 0 Å². The molecule has 0 fully saturated rings. The van der Waals surface area contributed by atoms with E-state index in [4.69, 9.17) is 17.3 Å². The Hall–Kier alpha value is -2.01. The number of fused-ring (bicyclic) bond motifs is 1. The highest BCUT2D eigenvalue weighted by Crippen LogP contribution is 2.25. The Morgan fingerprint density at radius 3 is 2.90 bits per heavy atom. The van der Waals surface area contributed by atoms with Crippen LogP contribution in [0.25, 0.3) is 11.0 Å². The van der Waals surface area contributed by atoms with Gasteiger partial charge in [-0.3, -0.25) is 5.10 Å². The first-order valence-electron chi connectivity index (χ1n) is 6.63. The third-order valence-corrected chi connectivity index (χ3v) is 3.68. The van der Waals surface area contributed by atoms with Crippen LogP contribution < -0.4 is 5.73 Å². The van der Waals surface area contributed by atoms with E-state index in [1.807, 2.05) is 28.9 Å². The summed E-state index contributed by atoms with van der Waals surface area (Å²) in [5.41, 5.74) is 8.73. The van der Waals surface area contributed by atoms with Crippen molar-refractivity contribution in [3.63, 3.8) is 0 Å². The van der Waals surface area contributed by atoms with E-state index < -0.39 is 0 Å². The maximum Gasteiger partial charge on any atom is 0.182 e. The average molecular weight is 290 g/mol. The van der Waals surface area contributed by atoms with Crippen LogP contribution in [-0.2, 0) is 13.0 Å². The molecule has 5 nitrogen and oxygen atoms in total. The quantitative estimate of drug-likeness (QED) is 0.775. The fraction of sp³-hybridized carbons (Fsp3) is 0.286. The second kappa shape index (κ2) is 5.17. The highest BCUT2D eigenvalue weighted by atomic mass is 35.5. The molecule has 0 spiro atoms. The zero-order valence-corrected chi connectivity index (χ0v) is 12.0. The molecule has 2 heterocycles. The number of aryl methyl sites for hydroxylation is 1. The Labute approximate surface area is 121 Å². The molecule has 20 heavy (non-hydrogen) atoms. The van der Waals surface area contributed by atoms with Crippen molar-refractivity contribution in [3.8, 4) is 0 Å². The number of aromatic nitrogens is 4. The van der Waals surface area contributed by atoms with Gasteiger partial charge in [0.2, 0.25) is 0 Å². The molecule has 0 unspecified atom stereocenters. The van der Waals surface area contributed by atoms with Gasteiger partial charge in [-0.2, -0.15) is 10.2 Å². The van der Waals surface area contributed by atoms with Gasteiger partial charge in [0.1, 0.15) is 5.82 Å². The zero-order valence-electron chi connectivity index (χ0n) is 11.2. The molecule has 6 heteroatoms. The molecule has 0 amide bonds. The van der Waals surface area contributed by atoms with Gasteiger partial charge in [0, 0.05) is 5.02 Å². The number of benzene rings is 1. The number of nitrogens with zero attached hydrogens (tertiary/aromatic N) is 3. The van der Waals surface area contributed by atoms with Crippen molar-refractivity contribution < 1.29 is 0 Å². The monoisotopic (exact) mass is 289 g/mol. The Bertz CT molecular complexity index is 743. The Kier molecular flexibility index (Phi) is 3.36. The number of nitrogens with two attached hydrogens (primary N) is 1. The summed E-state index contributed by atoms with van der Waals surface area (Å²) >= 11 is 6.20. The van der Waals surface area contributed by atoms with Gasteiger partial charge >= 0.3 is 0 Å². The van der Waals surface area contributed by atoms with Gasteiger partial charge in [0.05, 0.1) is 17.6 Å². The normalized spacial score (nSPS) is 11.3. The Morgan fingerprint density at radius 1 is 1.35 bits per heavy atom. The molecule has 0 aliphatic rings. The fourth-order valence-electron chi connectivity index (χ4n) is 2.37. The molecule has 0 saturated heterocycles. The maximum atomic E-state index is 6.20. The van der Waals surface area contributed by atoms with Crippen LogP contribution in [0.5, 0.6) is 0 Å². The summed E-state index contributed by atoms with van der Waals surface area (Å²) in [6.45, 7) is 2.71. The van der Waals surface area contributed by atoms with Crippen molar-refractivity contribution in [1.29, 1.82) is 0 Å². The molecular formula is C14H16ClN5. The van der Waals surface area contributed by atoms with E-state index in [1.165, 1.54) is 0 Å². The van der Waals surface area contributed by atoms with Gasteiger partial charge in [-0.25, -0.2) is 4.68 Å². The maximum absolute atomic E-state index is 6.20. The number of hydrogen-bond acceptors (Lipinski definition) is 3. The van der Waals surface area contributed by atoms with Gasteiger partial charge in [-0.15, -0.1) is 0 Å². The lowest BCUT2D eigenvalue weighted by atomic mass is 10.2. The van der Waals surface area contributed by atoms with E-state index in [0.29, 0.717) is 12.4 Å². The molecule has 0 bridgehead atoms. The summed E-state index contributed by atoms with van der Waals surface area (Å²) in [7, 11) is 0. The van der Waals surface area contributed by atoms with Crippen molar-refractivity contribution in [3.05, 3.63) is 40.5 Å². The zero-order chi connectivity index (χ0) is 14.1. The van der Waals surface area contributed by atoms with Crippen molar-refractivity contribution in [1.82, 2.24) is 20.0 Å². The number of aromatic amines is 1. The topological polar surface area (TPSA) is 72.5 Å². The number of rotatable bonds is 4. The average Bonchev–Trinajstić information content (AvgIpc) is 2.96. The smallest absolute Gasteiger partial charge is 0.182 e. The molecule has 0 atom stereocenters. The summed E-state index contributed by atoms with van der Waals surface area (Å²) in [6.07, 6.45) is 1.90. The number of nitrogen functional groups attached to an aromatic ring is 1. The molecule has 0 aliphatic heterocycles. The third-order valence-electron chi connectivity index (χ3n) is 3.31.